The number of methoxy groups -OCH3 is 1. The highest BCUT2D eigenvalue weighted by atomic mass is 19.4. The minimum atomic E-state index is -4.47. The molecule has 2 aromatic rings. The zero-order valence-corrected chi connectivity index (χ0v) is 12.2. The van der Waals surface area contributed by atoms with E-state index in [2.05, 4.69) is 15.2 Å². The molecule has 0 radical (unpaired) electrons. The van der Waals surface area contributed by atoms with Gasteiger partial charge in [0.15, 0.2) is 6.04 Å². The number of hydrogen-bond donors (Lipinski definition) is 1. The first-order valence-electron chi connectivity index (χ1n) is 6.96. The summed E-state index contributed by atoms with van der Waals surface area (Å²) in [4.78, 5) is 11.7. The lowest BCUT2D eigenvalue weighted by atomic mass is 9.96. The third kappa shape index (κ3) is 2.76. The average molecular weight is 325 g/mol. The maximum absolute atomic E-state index is 13.4. The van der Waals surface area contributed by atoms with Gasteiger partial charge in [0.2, 0.25) is 0 Å². The third-order valence-corrected chi connectivity index (χ3v) is 3.85. The molecule has 0 fully saturated rings. The number of halogens is 3. The van der Waals surface area contributed by atoms with Crippen LogP contribution in [0.15, 0.2) is 36.5 Å². The summed E-state index contributed by atoms with van der Waals surface area (Å²) in [6.45, 7) is 0. The Morgan fingerprint density at radius 1 is 1.35 bits per heavy atom. The van der Waals surface area contributed by atoms with Crippen molar-refractivity contribution in [1.82, 2.24) is 9.78 Å². The minimum absolute atomic E-state index is 0.0117. The van der Waals surface area contributed by atoms with Gasteiger partial charge in [-0.15, -0.1) is 0 Å². The number of benzene rings is 1. The molecule has 5 nitrogen and oxygen atoms in total. The normalized spacial score (nSPS) is 20.5. The van der Waals surface area contributed by atoms with Crippen LogP contribution in [0.2, 0.25) is 0 Å². The van der Waals surface area contributed by atoms with Crippen LogP contribution in [0.3, 0.4) is 0 Å². The highest BCUT2D eigenvalue weighted by Crippen LogP contribution is 2.44. The van der Waals surface area contributed by atoms with Crippen molar-refractivity contribution in [2.45, 2.75) is 24.7 Å². The van der Waals surface area contributed by atoms with Crippen molar-refractivity contribution in [1.29, 1.82) is 0 Å². The number of anilines is 1. The number of aromatic nitrogens is 2. The van der Waals surface area contributed by atoms with Gasteiger partial charge in [0.25, 0.3) is 0 Å². The predicted octanol–water partition coefficient (Wildman–Crippen LogP) is 3.33. The summed E-state index contributed by atoms with van der Waals surface area (Å²) in [6.07, 6.45) is -3.58. The van der Waals surface area contributed by atoms with Gasteiger partial charge in [-0.2, -0.15) is 18.3 Å². The quantitative estimate of drug-likeness (QED) is 0.861. The number of ether oxygens (including phenoxy) is 1. The molecule has 122 valence electrons. The van der Waals surface area contributed by atoms with Gasteiger partial charge in [-0.05, 0) is 5.56 Å². The smallest absolute Gasteiger partial charge is 0.410 e. The summed E-state index contributed by atoms with van der Waals surface area (Å²) < 4.78 is 45.6. The maximum atomic E-state index is 13.4. The Morgan fingerprint density at radius 3 is 2.65 bits per heavy atom. The van der Waals surface area contributed by atoms with Gasteiger partial charge in [-0.1, -0.05) is 30.3 Å². The van der Waals surface area contributed by atoms with Crippen molar-refractivity contribution in [3.05, 3.63) is 47.7 Å². The topological polar surface area (TPSA) is 56.1 Å². The number of fused-ring (bicyclic) bond motifs is 1. The highest BCUT2D eigenvalue weighted by molar-refractivity contribution is 5.94. The van der Waals surface area contributed by atoms with Crippen LogP contribution in [0.4, 0.5) is 19.0 Å². The zero-order chi connectivity index (χ0) is 16.6. The van der Waals surface area contributed by atoms with Crippen LogP contribution in [0.1, 0.15) is 34.4 Å². The molecule has 0 spiro atoms. The molecule has 1 aromatic heterocycles. The number of esters is 1. The van der Waals surface area contributed by atoms with E-state index in [0.717, 1.165) is 10.9 Å². The summed E-state index contributed by atoms with van der Waals surface area (Å²) in [6, 6.07) is 6.42. The number of carbonyl (C=O) groups is 1. The van der Waals surface area contributed by atoms with E-state index in [1.165, 1.54) is 7.11 Å². The number of carbonyl (C=O) groups excluding carboxylic acids is 1. The standard InChI is InChI=1S/C15H14F3N3O2/c1-23-14(22)10-8-19-21-12(15(16,17)18)7-11(20-13(10)21)9-5-3-2-4-6-9/h2-6,8,11-12,20H,7H2,1H3/t11-,12-/m1/s1. The molecule has 23 heavy (non-hydrogen) atoms. The molecular weight excluding hydrogens is 311 g/mol. The lowest BCUT2D eigenvalue weighted by Crippen LogP contribution is -2.36. The van der Waals surface area contributed by atoms with Crippen LogP contribution in [-0.2, 0) is 4.74 Å². The van der Waals surface area contributed by atoms with E-state index >= 15 is 0 Å². The van der Waals surface area contributed by atoms with E-state index in [-0.39, 0.29) is 17.8 Å². The Labute approximate surface area is 130 Å². The molecule has 1 aliphatic rings. The summed E-state index contributed by atoms with van der Waals surface area (Å²) in [5.41, 5.74) is 0.701. The third-order valence-electron chi connectivity index (χ3n) is 3.85. The van der Waals surface area contributed by atoms with Crippen LogP contribution < -0.4 is 5.32 Å². The summed E-state index contributed by atoms with van der Waals surface area (Å²) >= 11 is 0. The molecular formula is C15H14F3N3O2. The molecule has 1 N–H and O–H groups in total. The van der Waals surface area contributed by atoms with Gasteiger partial charge >= 0.3 is 12.1 Å². The van der Waals surface area contributed by atoms with Crippen molar-refractivity contribution in [3.8, 4) is 0 Å². The molecule has 0 amide bonds. The van der Waals surface area contributed by atoms with Gasteiger partial charge in [0.1, 0.15) is 11.4 Å². The second-order valence-corrected chi connectivity index (χ2v) is 5.24. The van der Waals surface area contributed by atoms with E-state index in [0.29, 0.717) is 5.56 Å². The fourth-order valence-electron chi connectivity index (χ4n) is 2.73. The molecule has 2 heterocycles. The second kappa shape index (κ2) is 5.60. The summed E-state index contributed by atoms with van der Waals surface area (Å²) in [5.74, 6) is -0.701. The highest BCUT2D eigenvalue weighted by Gasteiger charge is 2.47. The Bertz CT molecular complexity index is 713. The molecule has 1 aliphatic heterocycles. The molecule has 0 saturated carbocycles. The molecule has 2 atom stereocenters. The Kier molecular flexibility index (Phi) is 3.75. The predicted molar refractivity (Wildman–Crippen MR) is 76.1 cm³/mol. The monoisotopic (exact) mass is 325 g/mol. The fraction of sp³-hybridized carbons (Fsp3) is 0.333. The SMILES string of the molecule is COC(=O)c1cnn2c1N[C@@H](c1ccccc1)C[C@@H]2C(F)(F)F. The summed E-state index contributed by atoms with van der Waals surface area (Å²) in [5, 5.41) is 6.71. The van der Waals surface area contributed by atoms with E-state index in [1.54, 1.807) is 30.3 Å². The van der Waals surface area contributed by atoms with E-state index < -0.39 is 24.2 Å². The van der Waals surface area contributed by atoms with E-state index in [4.69, 9.17) is 0 Å². The Hall–Kier alpha value is -2.51. The first-order chi connectivity index (χ1) is 10.9. The number of alkyl halides is 3. The van der Waals surface area contributed by atoms with Gasteiger partial charge < -0.3 is 10.1 Å². The van der Waals surface area contributed by atoms with Crippen LogP contribution in [0, 0.1) is 0 Å². The fourth-order valence-corrected chi connectivity index (χ4v) is 2.73. The van der Waals surface area contributed by atoms with Crippen molar-refractivity contribution < 1.29 is 22.7 Å². The van der Waals surface area contributed by atoms with Crippen molar-refractivity contribution in [3.63, 3.8) is 0 Å². The molecule has 0 unspecified atom stereocenters. The molecule has 1 aromatic carbocycles. The lowest BCUT2D eigenvalue weighted by molar-refractivity contribution is -0.173. The van der Waals surface area contributed by atoms with Crippen LogP contribution in [0.25, 0.3) is 0 Å². The largest absolute Gasteiger partial charge is 0.465 e. The molecule has 0 saturated heterocycles. The van der Waals surface area contributed by atoms with Gasteiger partial charge in [-0.3, -0.25) is 0 Å². The Balaban J connectivity index is 2.06. The van der Waals surface area contributed by atoms with Crippen LogP contribution in [-0.4, -0.2) is 29.0 Å². The zero-order valence-electron chi connectivity index (χ0n) is 12.2. The second-order valence-electron chi connectivity index (χ2n) is 5.24. The molecule has 3 rings (SSSR count). The first-order valence-corrected chi connectivity index (χ1v) is 6.96. The van der Waals surface area contributed by atoms with Crippen molar-refractivity contribution >= 4 is 11.8 Å². The number of rotatable bonds is 2. The van der Waals surface area contributed by atoms with E-state index in [9.17, 15) is 18.0 Å². The number of nitrogens with one attached hydrogen (secondary N) is 1. The average Bonchev–Trinajstić information content (AvgIpc) is 2.97. The van der Waals surface area contributed by atoms with E-state index in [1.807, 2.05) is 0 Å². The van der Waals surface area contributed by atoms with Gasteiger partial charge in [0.05, 0.1) is 19.3 Å². The van der Waals surface area contributed by atoms with Crippen molar-refractivity contribution in [2.75, 3.05) is 12.4 Å². The number of nitrogens with zero attached hydrogens (tertiary/aromatic N) is 2. The lowest BCUT2D eigenvalue weighted by Gasteiger charge is -2.33. The molecule has 0 bridgehead atoms. The maximum Gasteiger partial charge on any atom is 0.410 e. The van der Waals surface area contributed by atoms with Crippen LogP contribution in [0.5, 0.6) is 0 Å². The summed E-state index contributed by atoms with van der Waals surface area (Å²) in [7, 11) is 1.17. The number of hydrogen-bond acceptors (Lipinski definition) is 4. The van der Waals surface area contributed by atoms with Gasteiger partial charge in [0, 0.05) is 6.42 Å². The Morgan fingerprint density at radius 2 is 2.04 bits per heavy atom. The first kappa shape index (κ1) is 15.4. The molecule has 0 aliphatic carbocycles. The van der Waals surface area contributed by atoms with Gasteiger partial charge in [-0.25, -0.2) is 9.48 Å². The molecule has 8 heteroatoms. The van der Waals surface area contributed by atoms with Crippen LogP contribution >= 0.6 is 0 Å². The van der Waals surface area contributed by atoms with Crippen molar-refractivity contribution in [2.24, 2.45) is 0 Å². The minimum Gasteiger partial charge on any atom is -0.465 e.